The van der Waals surface area contributed by atoms with Crippen molar-refractivity contribution in [3.8, 4) is 11.3 Å². The van der Waals surface area contributed by atoms with Crippen LogP contribution in [0.2, 0.25) is 0 Å². The van der Waals surface area contributed by atoms with Crippen molar-refractivity contribution in [2.24, 2.45) is 0 Å². The molecule has 108 valence electrons. The van der Waals surface area contributed by atoms with Gasteiger partial charge in [-0.2, -0.15) is 0 Å². The Labute approximate surface area is 127 Å². The lowest BCUT2D eigenvalue weighted by Gasteiger charge is -2.07. The monoisotopic (exact) mass is 339 g/mol. The lowest BCUT2D eigenvalue weighted by Crippen LogP contribution is -2.06. The smallest absolute Gasteiger partial charge is 0.132 e. The number of aromatic nitrogens is 2. The number of rotatable bonds is 5. The fraction of sp³-hybridized carbons (Fsp3) is 0.400. The molecule has 0 saturated carbocycles. The zero-order chi connectivity index (χ0) is 14.7. The Morgan fingerprint density at radius 1 is 1.30 bits per heavy atom. The molecule has 1 heterocycles. The van der Waals surface area contributed by atoms with E-state index < -0.39 is 0 Å². The van der Waals surface area contributed by atoms with Crippen LogP contribution in [0.3, 0.4) is 0 Å². The zero-order valence-corrected chi connectivity index (χ0v) is 13.4. The third-order valence-corrected chi connectivity index (χ3v) is 3.68. The average molecular weight is 340 g/mol. The third kappa shape index (κ3) is 2.87. The highest BCUT2D eigenvalue weighted by Gasteiger charge is 2.18. The van der Waals surface area contributed by atoms with Gasteiger partial charge in [0.05, 0.1) is 0 Å². The Morgan fingerprint density at radius 2 is 2.05 bits per heavy atom. The number of nitrogens with zero attached hydrogens (tertiary/aromatic N) is 2. The highest BCUT2D eigenvalue weighted by Crippen LogP contribution is 2.31. The zero-order valence-electron chi connectivity index (χ0n) is 11.8. The number of anilines is 1. The fourth-order valence-corrected chi connectivity index (χ4v) is 2.64. The third-order valence-electron chi connectivity index (χ3n) is 3.19. The van der Waals surface area contributed by atoms with Crippen LogP contribution in [0.15, 0.2) is 22.7 Å². The van der Waals surface area contributed by atoms with Crippen LogP contribution in [0.5, 0.6) is 0 Å². The predicted octanol–water partition coefficient (Wildman–Crippen LogP) is 4.40. The van der Waals surface area contributed by atoms with E-state index in [0.29, 0.717) is 17.1 Å². The maximum absolute atomic E-state index is 14.0. The molecule has 0 saturated heterocycles. The maximum Gasteiger partial charge on any atom is 0.132 e. The van der Waals surface area contributed by atoms with Crippen molar-refractivity contribution in [2.45, 2.75) is 39.7 Å². The van der Waals surface area contributed by atoms with Gasteiger partial charge >= 0.3 is 0 Å². The van der Waals surface area contributed by atoms with Crippen molar-refractivity contribution >= 4 is 21.7 Å². The van der Waals surface area contributed by atoms with Gasteiger partial charge in [-0.05, 0) is 31.0 Å². The van der Waals surface area contributed by atoms with E-state index in [9.17, 15) is 4.39 Å². The molecule has 2 N–H and O–H groups in total. The second-order valence-corrected chi connectivity index (χ2v) is 5.70. The molecule has 3 nitrogen and oxygen atoms in total. The molecule has 0 aliphatic rings. The molecule has 2 aromatic rings. The summed E-state index contributed by atoms with van der Waals surface area (Å²) in [6, 6.07) is 4.82. The number of nitrogens with two attached hydrogens (primary N) is 1. The van der Waals surface area contributed by atoms with Crippen molar-refractivity contribution in [1.29, 1.82) is 0 Å². The molecule has 0 unspecified atom stereocenters. The van der Waals surface area contributed by atoms with Crippen molar-refractivity contribution in [2.75, 3.05) is 5.73 Å². The number of halogens is 2. The first-order chi connectivity index (χ1) is 9.58. The number of nitrogen functional groups attached to an aromatic ring is 1. The highest BCUT2D eigenvalue weighted by molar-refractivity contribution is 9.10. The van der Waals surface area contributed by atoms with Crippen molar-refractivity contribution in [3.05, 3.63) is 34.3 Å². The van der Waals surface area contributed by atoms with Crippen molar-refractivity contribution in [1.82, 2.24) is 9.55 Å². The number of hydrogen-bond donors (Lipinski definition) is 1. The van der Waals surface area contributed by atoms with Gasteiger partial charge in [0.25, 0.3) is 0 Å². The molecule has 5 heteroatoms. The van der Waals surface area contributed by atoms with Crippen LogP contribution in [-0.4, -0.2) is 9.55 Å². The second-order valence-electron chi connectivity index (χ2n) is 4.79. The number of aryl methyl sites for hydroxylation is 1. The topological polar surface area (TPSA) is 43.8 Å². The van der Waals surface area contributed by atoms with Crippen LogP contribution < -0.4 is 5.73 Å². The summed E-state index contributed by atoms with van der Waals surface area (Å²) in [6.45, 7) is 5.00. The van der Waals surface area contributed by atoms with E-state index in [0.717, 1.165) is 36.1 Å². The van der Waals surface area contributed by atoms with Crippen molar-refractivity contribution < 1.29 is 4.39 Å². The molecule has 0 radical (unpaired) electrons. The Kier molecular flexibility index (Phi) is 4.81. The van der Waals surface area contributed by atoms with Crippen molar-refractivity contribution in [3.63, 3.8) is 0 Å². The van der Waals surface area contributed by atoms with Gasteiger partial charge in [0.2, 0.25) is 0 Å². The minimum atomic E-state index is -0.302. The summed E-state index contributed by atoms with van der Waals surface area (Å²) in [5.41, 5.74) is 7.18. The van der Waals surface area contributed by atoms with Crippen LogP contribution in [0.25, 0.3) is 11.3 Å². The maximum atomic E-state index is 14.0. The van der Waals surface area contributed by atoms with Gasteiger partial charge < -0.3 is 10.3 Å². The summed E-state index contributed by atoms with van der Waals surface area (Å²) in [6.07, 6.45) is 2.80. The summed E-state index contributed by atoms with van der Waals surface area (Å²) in [4.78, 5) is 4.57. The number of hydrogen-bond acceptors (Lipinski definition) is 2. The van der Waals surface area contributed by atoms with E-state index in [2.05, 4.69) is 34.8 Å². The number of benzene rings is 1. The standard InChI is InChI=1S/C15H19BrFN3/c1-3-5-13-19-14(15(18)20(13)8-4-2)11-9-10(16)6-7-12(11)17/h6-7,9H,3-5,8,18H2,1-2H3. The summed E-state index contributed by atoms with van der Waals surface area (Å²) in [5, 5.41) is 0. The summed E-state index contributed by atoms with van der Waals surface area (Å²) in [7, 11) is 0. The second kappa shape index (κ2) is 6.39. The average Bonchev–Trinajstić information content (AvgIpc) is 2.71. The first-order valence-corrected chi connectivity index (χ1v) is 7.68. The highest BCUT2D eigenvalue weighted by atomic mass is 79.9. The van der Waals surface area contributed by atoms with Crippen LogP contribution in [0.1, 0.15) is 32.5 Å². The van der Waals surface area contributed by atoms with Gasteiger partial charge in [-0.15, -0.1) is 0 Å². The molecule has 2 rings (SSSR count). The van der Waals surface area contributed by atoms with E-state index in [1.54, 1.807) is 12.1 Å². The summed E-state index contributed by atoms with van der Waals surface area (Å²) in [5.74, 6) is 1.18. The molecule has 20 heavy (non-hydrogen) atoms. The number of imidazole rings is 1. The lowest BCUT2D eigenvalue weighted by molar-refractivity contribution is 0.630. The molecule has 0 atom stereocenters. The summed E-state index contributed by atoms with van der Waals surface area (Å²) < 4.78 is 16.8. The van der Waals surface area contributed by atoms with Gasteiger partial charge in [-0.25, -0.2) is 9.37 Å². The van der Waals surface area contributed by atoms with Crippen LogP contribution in [0.4, 0.5) is 10.2 Å². The predicted molar refractivity (Wildman–Crippen MR) is 84.0 cm³/mol. The van der Waals surface area contributed by atoms with Gasteiger partial charge in [0, 0.05) is 23.0 Å². The Morgan fingerprint density at radius 3 is 2.70 bits per heavy atom. The van der Waals surface area contributed by atoms with Gasteiger partial charge in [0.15, 0.2) is 0 Å². The van der Waals surface area contributed by atoms with Crippen LogP contribution in [-0.2, 0) is 13.0 Å². The first kappa shape index (κ1) is 15.0. The lowest BCUT2D eigenvalue weighted by atomic mass is 10.1. The molecule has 1 aromatic carbocycles. The van der Waals surface area contributed by atoms with Gasteiger partial charge in [0.1, 0.15) is 23.2 Å². The van der Waals surface area contributed by atoms with E-state index in [-0.39, 0.29) is 5.82 Å². The van der Waals surface area contributed by atoms with Gasteiger partial charge in [-0.3, -0.25) is 0 Å². The Balaban J connectivity index is 2.56. The van der Waals surface area contributed by atoms with E-state index >= 15 is 0 Å². The summed E-state index contributed by atoms with van der Waals surface area (Å²) >= 11 is 3.36. The Hall–Kier alpha value is -1.36. The Bertz CT molecular complexity index is 607. The van der Waals surface area contributed by atoms with E-state index in [1.807, 2.05) is 4.57 Å². The SMILES string of the molecule is CCCc1nc(-c2cc(Br)ccc2F)c(N)n1CCC. The molecule has 0 amide bonds. The molecular weight excluding hydrogens is 321 g/mol. The molecule has 0 aliphatic carbocycles. The van der Waals surface area contributed by atoms with Gasteiger partial charge in [-0.1, -0.05) is 29.8 Å². The van der Waals surface area contributed by atoms with E-state index in [4.69, 9.17) is 5.73 Å². The van der Waals surface area contributed by atoms with Crippen LogP contribution in [0, 0.1) is 5.82 Å². The fourth-order valence-electron chi connectivity index (χ4n) is 2.28. The van der Waals surface area contributed by atoms with E-state index in [1.165, 1.54) is 6.07 Å². The normalized spacial score (nSPS) is 11.0. The molecule has 1 aromatic heterocycles. The quantitative estimate of drug-likeness (QED) is 0.877. The first-order valence-electron chi connectivity index (χ1n) is 6.88. The molecular formula is C15H19BrFN3. The molecule has 0 spiro atoms. The largest absolute Gasteiger partial charge is 0.383 e. The molecule has 0 bridgehead atoms. The molecule has 0 aliphatic heterocycles. The minimum Gasteiger partial charge on any atom is -0.383 e. The minimum absolute atomic E-state index is 0.302. The van der Waals surface area contributed by atoms with Crippen LogP contribution >= 0.6 is 15.9 Å². The molecule has 0 fully saturated rings.